The molecule has 0 unspecified atom stereocenters. The van der Waals surface area contributed by atoms with E-state index < -0.39 is 0 Å². The van der Waals surface area contributed by atoms with E-state index >= 15 is 0 Å². The van der Waals surface area contributed by atoms with Crippen molar-refractivity contribution in [2.75, 3.05) is 31.6 Å². The van der Waals surface area contributed by atoms with Gasteiger partial charge in [-0.3, -0.25) is 19.7 Å². The van der Waals surface area contributed by atoms with Crippen LogP contribution in [0.1, 0.15) is 29.7 Å². The smallest absolute Gasteiger partial charge is 0.275 e. The number of morpholine rings is 1. The SMILES string of the molecule is C[C@@H]1N=C(C(=O)Nc2ccccn2)c2cc(-c3cncc(CN4CCOCC4)c3)ccc21. The van der Waals surface area contributed by atoms with E-state index in [-0.39, 0.29) is 11.9 Å². The van der Waals surface area contributed by atoms with Crippen LogP contribution in [0.3, 0.4) is 0 Å². The lowest BCUT2D eigenvalue weighted by molar-refractivity contribution is -0.110. The fourth-order valence-corrected chi connectivity index (χ4v) is 4.18. The van der Waals surface area contributed by atoms with Crippen molar-refractivity contribution in [3.05, 3.63) is 77.7 Å². The number of ether oxygens (including phenoxy) is 1. The van der Waals surface area contributed by atoms with E-state index in [0.29, 0.717) is 11.5 Å². The third kappa shape index (κ3) is 4.30. The lowest BCUT2D eigenvalue weighted by atomic mass is 9.96. The molecule has 3 aromatic rings. The maximum absolute atomic E-state index is 12.9. The molecule has 7 nitrogen and oxygen atoms in total. The van der Waals surface area contributed by atoms with Gasteiger partial charge < -0.3 is 10.1 Å². The van der Waals surface area contributed by atoms with Crippen LogP contribution in [0.2, 0.25) is 0 Å². The standard InChI is InChI=1S/C25H25N5O2/c1-17-21-6-5-19(20-12-18(14-26-15-20)16-30-8-10-32-11-9-30)13-22(21)24(28-17)25(31)29-23-4-2-3-7-27-23/h2-7,12-15,17H,8-11,16H2,1H3,(H,27,29,31)/t17-/m0/s1. The summed E-state index contributed by atoms with van der Waals surface area (Å²) >= 11 is 0. The first-order valence-corrected chi connectivity index (χ1v) is 10.9. The van der Waals surface area contributed by atoms with Gasteiger partial charge >= 0.3 is 0 Å². The summed E-state index contributed by atoms with van der Waals surface area (Å²) in [5, 5.41) is 2.85. The van der Waals surface area contributed by atoms with Crippen LogP contribution < -0.4 is 5.32 Å². The van der Waals surface area contributed by atoms with E-state index in [1.54, 1.807) is 12.3 Å². The maximum atomic E-state index is 12.9. The zero-order chi connectivity index (χ0) is 21.9. The second-order valence-electron chi connectivity index (χ2n) is 8.10. The largest absolute Gasteiger partial charge is 0.379 e. The van der Waals surface area contributed by atoms with Gasteiger partial charge in [0, 0.05) is 49.4 Å². The molecule has 5 rings (SSSR count). The molecule has 2 aliphatic rings. The molecule has 2 aromatic heterocycles. The number of carbonyl (C=O) groups is 1. The summed E-state index contributed by atoms with van der Waals surface area (Å²) in [4.78, 5) is 28.6. The Kier molecular flexibility index (Phi) is 5.75. The summed E-state index contributed by atoms with van der Waals surface area (Å²) in [6.07, 6.45) is 5.44. The normalized spacial score (nSPS) is 18.2. The van der Waals surface area contributed by atoms with E-state index in [2.05, 4.69) is 43.4 Å². The number of nitrogens with zero attached hydrogens (tertiary/aromatic N) is 4. The van der Waals surface area contributed by atoms with Gasteiger partial charge in [-0.1, -0.05) is 18.2 Å². The van der Waals surface area contributed by atoms with Crippen LogP contribution in [0.4, 0.5) is 5.82 Å². The van der Waals surface area contributed by atoms with E-state index in [1.807, 2.05) is 37.5 Å². The van der Waals surface area contributed by atoms with Crippen LogP contribution in [0.15, 0.2) is 66.0 Å². The summed E-state index contributed by atoms with van der Waals surface area (Å²) in [7, 11) is 0. The molecular formula is C25H25N5O2. The van der Waals surface area contributed by atoms with Crippen molar-refractivity contribution in [3.63, 3.8) is 0 Å². The zero-order valence-electron chi connectivity index (χ0n) is 18.0. The summed E-state index contributed by atoms with van der Waals surface area (Å²) in [6, 6.07) is 13.7. The Hall–Kier alpha value is -3.42. The van der Waals surface area contributed by atoms with Gasteiger partial charge in [0.1, 0.15) is 11.5 Å². The molecule has 1 N–H and O–H groups in total. The summed E-state index contributed by atoms with van der Waals surface area (Å²) in [5.41, 5.74) is 5.58. The summed E-state index contributed by atoms with van der Waals surface area (Å²) in [5.74, 6) is 0.267. The van der Waals surface area contributed by atoms with Crippen LogP contribution >= 0.6 is 0 Å². The second kappa shape index (κ2) is 8.98. The van der Waals surface area contributed by atoms with Crippen molar-refractivity contribution in [1.82, 2.24) is 14.9 Å². The van der Waals surface area contributed by atoms with Crippen LogP contribution in [-0.2, 0) is 16.1 Å². The van der Waals surface area contributed by atoms with Crippen LogP contribution in [-0.4, -0.2) is 52.8 Å². The molecule has 2 aliphatic heterocycles. The van der Waals surface area contributed by atoms with Crippen molar-refractivity contribution in [1.29, 1.82) is 0 Å². The zero-order valence-corrected chi connectivity index (χ0v) is 18.0. The van der Waals surface area contributed by atoms with Gasteiger partial charge in [0.15, 0.2) is 0 Å². The molecule has 1 fully saturated rings. The predicted octanol–water partition coefficient (Wildman–Crippen LogP) is 3.48. The molecule has 0 saturated carbocycles. The fourth-order valence-electron chi connectivity index (χ4n) is 4.18. The topological polar surface area (TPSA) is 79.7 Å². The third-order valence-electron chi connectivity index (χ3n) is 5.84. The van der Waals surface area contributed by atoms with Gasteiger partial charge in [-0.05, 0) is 47.9 Å². The number of fused-ring (bicyclic) bond motifs is 1. The van der Waals surface area contributed by atoms with Gasteiger partial charge in [-0.2, -0.15) is 0 Å². The van der Waals surface area contributed by atoms with Gasteiger partial charge in [-0.25, -0.2) is 4.98 Å². The highest BCUT2D eigenvalue weighted by atomic mass is 16.5. The number of hydrogen-bond donors (Lipinski definition) is 1. The number of carbonyl (C=O) groups excluding carboxylic acids is 1. The number of aliphatic imine (C=N–C) groups is 1. The number of amides is 1. The first-order valence-electron chi connectivity index (χ1n) is 10.9. The summed E-state index contributed by atoms with van der Waals surface area (Å²) < 4.78 is 5.44. The average molecular weight is 428 g/mol. The number of rotatable bonds is 5. The molecule has 0 aliphatic carbocycles. The quantitative estimate of drug-likeness (QED) is 0.674. The highest BCUT2D eigenvalue weighted by molar-refractivity contribution is 6.49. The van der Waals surface area contributed by atoms with E-state index in [1.165, 1.54) is 5.56 Å². The van der Waals surface area contributed by atoms with E-state index in [4.69, 9.17) is 4.74 Å². The monoisotopic (exact) mass is 427 g/mol. The Morgan fingerprint density at radius 1 is 1.12 bits per heavy atom. The molecule has 1 saturated heterocycles. The lowest BCUT2D eigenvalue weighted by Gasteiger charge is -2.26. The van der Waals surface area contributed by atoms with E-state index in [0.717, 1.165) is 55.1 Å². The van der Waals surface area contributed by atoms with Crippen molar-refractivity contribution < 1.29 is 9.53 Å². The van der Waals surface area contributed by atoms with Crippen molar-refractivity contribution in [2.45, 2.75) is 19.5 Å². The van der Waals surface area contributed by atoms with Crippen LogP contribution in [0.25, 0.3) is 11.1 Å². The predicted molar refractivity (Wildman–Crippen MR) is 124 cm³/mol. The second-order valence-corrected chi connectivity index (χ2v) is 8.10. The number of anilines is 1. The minimum Gasteiger partial charge on any atom is -0.379 e. The highest BCUT2D eigenvalue weighted by Gasteiger charge is 2.27. The molecule has 0 bridgehead atoms. The Balaban J connectivity index is 1.40. The fraction of sp³-hybridized carbons (Fsp3) is 0.280. The highest BCUT2D eigenvalue weighted by Crippen LogP contribution is 2.33. The molecule has 32 heavy (non-hydrogen) atoms. The number of hydrogen-bond acceptors (Lipinski definition) is 6. The third-order valence-corrected chi connectivity index (χ3v) is 5.84. The van der Waals surface area contributed by atoms with Crippen molar-refractivity contribution >= 4 is 17.4 Å². The number of aromatic nitrogens is 2. The van der Waals surface area contributed by atoms with Gasteiger partial charge in [0.25, 0.3) is 5.91 Å². The number of nitrogens with one attached hydrogen (secondary N) is 1. The van der Waals surface area contributed by atoms with Crippen molar-refractivity contribution in [3.8, 4) is 11.1 Å². The Morgan fingerprint density at radius 2 is 2.00 bits per heavy atom. The average Bonchev–Trinajstić information content (AvgIpc) is 3.16. The van der Waals surface area contributed by atoms with Gasteiger partial charge in [-0.15, -0.1) is 0 Å². The van der Waals surface area contributed by atoms with Gasteiger partial charge in [0.2, 0.25) is 0 Å². The lowest BCUT2D eigenvalue weighted by Crippen LogP contribution is -2.35. The molecule has 7 heteroatoms. The molecule has 4 heterocycles. The molecule has 1 aromatic carbocycles. The minimum absolute atomic E-state index is 0.0608. The first-order chi connectivity index (χ1) is 15.7. The van der Waals surface area contributed by atoms with Gasteiger partial charge in [0.05, 0.1) is 19.3 Å². The maximum Gasteiger partial charge on any atom is 0.275 e. The Morgan fingerprint density at radius 3 is 2.81 bits per heavy atom. The van der Waals surface area contributed by atoms with Crippen molar-refractivity contribution in [2.24, 2.45) is 4.99 Å². The Bertz CT molecular complexity index is 1160. The molecule has 0 radical (unpaired) electrons. The molecule has 1 atom stereocenters. The molecule has 0 spiro atoms. The first kappa shape index (κ1) is 20.5. The van der Waals surface area contributed by atoms with Crippen LogP contribution in [0, 0.1) is 0 Å². The van der Waals surface area contributed by atoms with E-state index in [9.17, 15) is 4.79 Å². The minimum atomic E-state index is -0.245. The Labute approximate surface area is 187 Å². The molecule has 162 valence electrons. The van der Waals surface area contributed by atoms with Crippen LogP contribution in [0.5, 0.6) is 0 Å². The summed E-state index contributed by atoms with van der Waals surface area (Å²) in [6.45, 7) is 6.28. The molecule has 1 amide bonds. The number of benzene rings is 1. The number of pyridine rings is 2. The molecular weight excluding hydrogens is 402 g/mol.